The van der Waals surface area contributed by atoms with Crippen molar-refractivity contribution in [2.45, 2.75) is 12.6 Å². The third-order valence-corrected chi connectivity index (χ3v) is 1.13. The molecule has 0 aromatic heterocycles. The molecule has 0 amide bonds. The standard InChI is InChI=1S/C4H4BNO/c6-3-5-1-4(7)2-5/h1-2H2. The third kappa shape index (κ3) is 0.639. The van der Waals surface area contributed by atoms with Crippen LogP contribution in [0, 0.1) is 11.2 Å². The molecule has 0 bridgehead atoms. The molecule has 0 aromatic rings. The highest BCUT2D eigenvalue weighted by molar-refractivity contribution is 6.79. The maximum absolute atomic E-state index is 10.1. The van der Waals surface area contributed by atoms with Crippen LogP contribution < -0.4 is 0 Å². The maximum atomic E-state index is 10.1. The summed E-state index contributed by atoms with van der Waals surface area (Å²) in [5.41, 5.74) is 0. The smallest absolute Gasteiger partial charge is 0.282 e. The van der Waals surface area contributed by atoms with Crippen molar-refractivity contribution in [3.8, 4) is 5.97 Å². The Bertz CT molecular complexity index is 129. The highest BCUT2D eigenvalue weighted by Crippen LogP contribution is 2.13. The van der Waals surface area contributed by atoms with Gasteiger partial charge in [-0.05, 0) is 12.6 Å². The first-order chi connectivity index (χ1) is 3.33. The zero-order valence-electron chi connectivity index (χ0n) is 3.85. The summed E-state index contributed by atoms with van der Waals surface area (Å²) in [4.78, 5) is 10.1. The van der Waals surface area contributed by atoms with E-state index in [0.29, 0.717) is 12.6 Å². The lowest BCUT2D eigenvalue weighted by molar-refractivity contribution is -0.116. The van der Waals surface area contributed by atoms with Crippen LogP contribution in [0.1, 0.15) is 0 Å². The van der Waals surface area contributed by atoms with Gasteiger partial charge in [-0.2, -0.15) is 0 Å². The molecule has 3 heteroatoms. The van der Waals surface area contributed by atoms with Crippen molar-refractivity contribution in [2.24, 2.45) is 0 Å². The van der Waals surface area contributed by atoms with Gasteiger partial charge in [-0.1, -0.05) is 0 Å². The van der Waals surface area contributed by atoms with E-state index in [-0.39, 0.29) is 12.5 Å². The van der Waals surface area contributed by atoms with Crippen molar-refractivity contribution < 1.29 is 4.79 Å². The number of nitrogens with zero attached hydrogens (tertiary/aromatic N) is 1. The van der Waals surface area contributed by atoms with E-state index in [4.69, 9.17) is 5.26 Å². The van der Waals surface area contributed by atoms with Gasteiger partial charge in [-0.15, -0.1) is 0 Å². The molecule has 0 N–H and O–H groups in total. The summed E-state index contributed by atoms with van der Waals surface area (Å²) in [5.74, 6) is 2.24. The summed E-state index contributed by atoms with van der Waals surface area (Å²) in [7, 11) is 0. The second kappa shape index (κ2) is 1.38. The van der Waals surface area contributed by atoms with Crippen LogP contribution in [0.15, 0.2) is 0 Å². The number of carbonyl (C=O) groups is 1. The van der Waals surface area contributed by atoms with Crippen LogP contribution in [0.5, 0.6) is 0 Å². The summed E-state index contributed by atoms with van der Waals surface area (Å²) in [6, 6.07) is 0. The van der Waals surface area contributed by atoms with E-state index >= 15 is 0 Å². The van der Waals surface area contributed by atoms with Gasteiger partial charge < -0.3 is 4.79 Å². The monoisotopic (exact) mass is 93.0 g/mol. The minimum absolute atomic E-state index is 0.0486. The van der Waals surface area contributed by atoms with Crippen LogP contribution in [-0.4, -0.2) is 12.5 Å². The summed E-state index contributed by atoms with van der Waals surface area (Å²) in [6.07, 6.45) is 0.993. The predicted molar refractivity (Wildman–Crippen MR) is 26.0 cm³/mol. The minimum Gasteiger partial charge on any atom is -0.301 e. The SMILES string of the molecule is N#CB1CC(=O)C1. The number of carbonyl (C=O) groups excluding carboxylic acids is 1. The molecule has 2 nitrogen and oxygen atoms in total. The molecule has 0 unspecified atom stereocenters. The van der Waals surface area contributed by atoms with Gasteiger partial charge in [0.05, 0.1) is 0 Å². The molecule has 0 atom stereocenters. The van der Waals surface area contributed by atoms with Gasteiger partial charge in [0.2, 0.25) is 0 Å². The minimum atomic E-state index is 0.0486. The van der Waals surface area contributed by atoms with Crippen molar-refractivity contribution in [3.63, 3.8) is 0 Å². The number of hydrogen-bond acceptors (Lipinski definition) is 2. The third-order valence-electron chi connectivity index (χ3n) is 1.13. The lowest BCUT2D eigenvalue weighted by Gasteiger charge is -2.10. The lowest BCUT2D eigenvalue weighted by Crippen LogP contribution is -2.29. The first-order valence-electron chi connectivity index (χ1n) is 2.24. The van der Waals surface area contributed by atoms with Gasteiger partial charge in [-0.3, -0.25) is 0 Å². The van der Waals surface area contributed by atoms with Crippen LogP contribution in [0.3, 0.4) is 0 Å². The molecule has 1 aliphatic rings. The largest absolute Gasteiger partial charge is 0.301 e. The van der Waals surface area contributed by atoms with Crippen LogP contribution in [0.25, 0.3) is 0 Å². The molecule has 1 heterocycles. The van der Waals surface area contributed by atoms with Crippen molar-refractivity contribution >= 4 is 12.5 Å². The van der Waals surface area contributed by atoms with Gasteiger partial charge in [0.25, 0.3) is 6.71 Å². The lowest BCUT2D eigenvalue weighted by atomic mass is 9.36. The highest BCUT2D eigenvalue weighted by atomic mass is 16.1. The van der Waals surface area contributed by atoms with E-state index in [2.05, 4.69) is 0 Å². The Labute approximate surface area is 42.2 Å². The van der Waals surface area contributed by atoms with E-state index < -0.39 is 0 Å². The number of rotatable bonds is 0. The molecule has 7 heavy (non-hydrogen) atoms. The Morgan fingerprint density at radius 3 is 2.43 bits per heavy atom. The van der Waals surface area contributed by atoms with Crippen molar-refractivity contribution in [3.05, 3.63) is 0 Å². The predicted octanol–water partition coefficient (Wildman–Crippen LogP) is 0.127. The van der Waals surface area contributed by atoms with Crippen molar-refractivity contribution in [1.29, 1.82) is 5.26 Å². The fraction of sp³-hybridized carbons (Fsp3) is 0.500. The Balaban J connectivity index is 2.34. The number of ketones is 1. The number of hydrogen-bond donors (Lipinski definition) is 0. The normalized spacial score (nSPS) is 18.1. The van der Waals surface area contributed by atoms with Crippen LogP contribution in [0.4, 0.5) is 0 Å². The molecule has 0 saturated carbocycles. The average molecular weight is 92.9 g/mol. The van der Waals surface area contributed by atoms with Gasteiger partial charge >= 0.3 is 0 Å². The first-order valence-corrected chi connectivity index (χ1v) is 2.24. The molecule has 1 rings (SSSR count). The highest BCUT2D eigenvalue weighted by Gasteiger charge is 2.30. The fourth-order valence-electron chi connectivity index (χ4n) is 0.581. The van der Waals surface area contributed by atoms with E-state index in [1.54, 1.807) is 0 Å². The average Bonchev–Trinajstić information content (AvgIpc) is 1.58. The van der Waals surface area contributed by atoms with Crippen LogP contribution in [0.2, 0.25) is 12.6 Å². The summed E-state index contributed by atoms with van der Waals surface area (Å²) in [6.45, 7) is 0.0486. The van der Waals surface area contributed by atoms with E-state index in [0.717, 1.165) is 0 Å². The zero-order valence-corrected chi connectivity index (χ0v) is 3.85. The molecule has 1 saturated heterocycles. The number of Topliss-reactive ketones (excluding diaryl/α,β-unsaturated/α-hetero) is 1. The zero-order chi connectivity index (χ0) is 5.28. The summed E-state index contributed by atoms with van der Waals surface area (Å²) >= 11 is 0. The van der Waals surface area contributed by atoms with Gasteiger partial charge in [-0.25, -0.2) is 5.26 Å². The molecular weight excluding hydrogens is 88.9 g/mol. The molecule has 0 spiro atoms. The van der Waals surface area contributed by atoms with E-state index in [9.17, 15) is 4.79 Å². The molecule has 1 aliphatic heterocycles. The Hall–Kier alpha value is -0.775. The van der Waals surface area contributed by atoms with Gasteiger partial charge in [0.15, 0.2) is 0 Å². The second-order valence-corrected chi connectivity index (χ2v) is 1.77. The Morgan fingerprint density at radius 1 is 1.71 bits per heavy atom. The Kier molecular flexibility index (Phi) is 0.864. The van der Waals surface area contributed by atoms with E-state index in [1.165, 1.54) is 0 Å². The molecule has 0 aromatic carbocycles. The molecule has 34 valence electrons. The first kappa shape index (κ1) is 4.39. The van der Waals surface area contributed by atoms with Gasteiger partial charge in [0.1, 0.15) is 5.78 Å². The molecule has 0 aliphatic carbocycles. The topological polar surface area (TPSA) is 40.9 Å². The molecular formula is C4H4BNO. The van der Waals surface area contributed by atoms with Gasteiger partial charge in [0, 0.05) is 5.97 Å². The summed E-state index contributed by atoms with van der Waals surface area (Å²) < 4.78 is 0. The summed E-state index contributed by atoms with van der Waals surface area (Å²) in [5, 5.41) is 8.10. The second-order valence-electron chi connectivity index (χ2n) is 1.77. The quantitative estimate of drug-likeness (QED) is 0.399. The Morgan fingerprint density at radius 2 is 2.29 bits per heavy atom. The van der Waals surface area contributed by atoms with Crippen molar-refractivity contribution in [2.75, 3.05) is 0 Å². The maximum Gasteiger partial charge on any atom is 0.282 e. The van der Waals surface area contributed by atoms with Crippen LogP contribution in [-0.2, 0) is 4.79 Å². The van der Waals surface area contributed by atoms with E-state index in [1.807, 2.05) is 5.97 Å². The fourth-order valence-corrected chi connectivity index (χ4v) is 0.581. The number of nitriles is 1. The molecule has 0 radical (unpaired) electrons. The van der Waals surface area contributed by atoms with Crippen molar-refractivity contribution in [1.82, 2.24) is 0 Å². The van der Waals surface area contributed by atoms with Crippen LogP contribution >= 0.6 is 0 Å². The molecule has 1 fully saturated rings.